The summed E-state index contributed by atoms with van der Waals surface area (Å²) < 4.78 is 11.0. The molecule has 0 saturated carbocycles. The van der Waals surface area contributed by atoms with Crippen molar-refractivity contribution in [2.75, 3.05) is 46.4 Å². The number of hydrogen-bond donors (Lipinski definition) is 1. The molecule has 5 rings (SSSR count). The number of methoxy groups -OCH3 is 1. The number of nitrogens with zero attached hydrogens (tertiary/aromatic N) is 3. The fraction of sp³-hybridized carbons (Fsp3) is 0.400. The molecule has 3 heterocycles. The molecule has 2 aliphatic heterocycles. The van der Waals surface area contributed by atoms with Crippen LogP contribution in [0.2, 0.25) is 5.02 Å². The van der Waals surface area contributed by atoms with Crippen molar-refractivity contribution in [3.63, 3.8) is 0 Å². The second-order valence-corrected chi connectivity index (χ2v) is 9.23. The predicted molar refractivity (Wildman–Crippen MR) is 127 cm³/mol. The first-order chi connectivity index (χ1) is 16.0. The Kier molecular flexibility index (Phi) is 6.29. The van der Waals surface area contributed by atoms with Gasteiger partial charge in [-0.25, -0.2) is 0 Å². The third-order valence-electron chi connectivity index (χ3n) is 6.68. The van der Waals surface area contributed by atoms with Gasteiger partial charge in [-0.2, -0.15) is 0 Å². The largest absolute Gasteiger partial charge is 0.497 e. The lowest BCUT2D eigenvalue weighted by Crippen LogP contribution is -2.53. The fourth-order valence-electron chi connectivity index (χ4n) is 4.80. The van der Waals surface area contributed by atoms with E-state index in [0.717, 1.165) is 43.1 Å². The van der Waals surface area contributed by atoms with E-state index >= 15 is 0 Å². The van der Waals surface area contributed by atoms with Crippen molar-refractivity contribution in [3.8, 4) is 5.75 Å². The molecule has 8 heteroatoms. The van der Waals surface area contributed by atoms with Crippen molar-refractivity contribution in [3.05, 3.63) is 64.9 Å². The number of likely N-dealkylation sites (tertiary alicyclic amines) is 1. The molecule has 2 saturated heterocycles. The number of ether oxygens (including phenoxy) is 1. The van der Waals surface area contributed by atoms with Gasteiger partial charge in [0.1, 0.15) is 11.3 Å². The van der Waals surface area contributed by atoms with Crippen LogP contribution in [0, 0.1) is 0 Å². The molecule has 2 fully saturated rings. The van der Waals surface area contributed by atoms with Gasteiger partial charge < -0.3 is 19.2 Å². The maximum atomic E-state index is 13.1. The monoisotopic (exact) mass is 469 g/mol. The molecule has 0 bridgehead atoms. The van der Waals surface area contributed by atoms with Crippen molar-refractivity contribution in [2.45, 2.75) is 18.7 Å². The molecule has 2 aromatic carbocycles. The summed E-state index contributed by atoms with van der Waals surface area (Å²) in [6.07, 6.45) is -0.568. The summed E-state index contributed by atoms with van der Waals surface area (Å²) in [5.41, 5.74) is 1.89. The zero-order valence-corrected chi connectivity index (χ0v) is 19.4. The number of β-amino-alcohol motifs (C(OH)–C–C–N with tert-alkyl or cyclic N) is 1. The second-order valence-electron chi connectivity index (χ2n) is 8.80. The Labute approximate surface area is 198 Å². The Morgan fingerprint density at radius 3 is 2.58 bits per heavy atom. The summed E-state index contributed by atoms with van der Waals surface area (Å²) in [4.78, 5) is 19.5. The number of aliphatic hydroxyl groups excluding tert-OH is 1. The number of benzene rings is 2. The van der Waals surface area contributed by atoms with Crippen LogP contribution in [0.3, 0.4) is 0 Å². The predicted octanol–water partition coefficient (Wildman–Crippen LogP) is 3.10. The summed E-state index contributed by atoms with van der Waals surface area (Å²) in [5.74, 6) is 0.821. The maximum absolute atomic E-state index is 13.1. The SMILES string of the molecule is COc1ccc2oc(C(=O)N3CC(O)C(N4CCN(Cc5ccc(Cl)cc5)CC4)C3)cc2c1. The van der Waals surface area contributed by atoms with E-state index < -0.39 is 6.10 Å². The lowest BCUT2D eigenvalue weighted by molar-refractivity contribution is 0.0423. The summed E-state index contributed by atoms with van der Waals surface area (Å²) >= 11 is 5.98. The minimum absolute atomic E-state index is 0.0592. The van der Waals surface area contributed by atoms with Crippen LogP contribution in [0.1, 0.15) is 16.1 Å². The topological polar surface area (TPSA) is 69.4 Å². The highest BCUT2D eigenvalue weighted by Gasteiger charge is 2.39. The standard InChI is InChI=1S/C25H28ClN3O4/c1-32-20-6-7-23-18(12-20)13-24(33-23)25(31)29-15-21(22(30)16-29)28-10-8-27(9-11-28)14-17-2-4-19(26)5-3-17/h2-7,12-13,21-22,30H,8-11,14-16H2,1H3. The average Bonchev–Trinajstić information content (AvgIpc) is 3.43. The molecular weight excluding hydrogens is 442 g/mol. The van der Waals surface area contributed by atoms with Crippen LogP contribution in [0.15, 0.2) is 52.9 Å². The Balaban J connectivity index is 1.19. The van der Waals surface area contributed by atoms with Gasteiger partial charge in [0.2, 0.25) is 0 Å². The smallest absolute Gasteiger partial charge is 0.289 e. The number of fused-ring (bicyclic) bond motifs is 1. The third kappa shape index (κ3) is 4.73. The molecule has 174 valence electrons. The van der Waals surface area contributed by atoms with Gasteiger partial charge in [0.15, 0.2) is 5.76 Å². The highest BCUT2D eigenvalue weighted by atomic mass is 35.5. The van der Waals surface area contributed by atoms with Crippen molar-refractivity contribution >= 4 is 28.5 Å². The van der Waals surface area contributed by atoms with Gasteiger partial charge in [0, 0.05) is 56.2 Å². The van der Waals surface area contributed by atoms with Crippen LogP contribution in [-0.2, 0) is 6.54 Å². The van der Waals surface area contributed by atoms with Gasteiger partial charge >= 0.3 is 0 Å². The van der Waals surface area contributed by atoms with Gasteiger partial charge in [0.25, 0.3) is 5.91 Å². The number of rotatable bonds is 5. The zero-order valence-electron chi connectivity index (χ0n) is 18.6. The van der Waals surface area contributed by atoms with E-state index in [1.54, 1.807) is 24.1 Å². The molecular formula is C25H28ClN3O4. The first-order valence-electron chi connectivity index (χ1n) is 11.3. The quantitative estimate of drug-likeness (QED) is 0.619. The zero-order chi connectivity index (χ0) is 22.9. The summed E-state index contributed by atoms with van der Waals surface area (Å²) in [5, 5.41) is 12.3. The van der Waals surface area contributed by atoms with E-state index in [4.69, 9.17) is 20.8 Å². The molecule has 0 aliphatic carbocycles. The number of halogens is 1. The number of carbonyl (C=O) groups excluding carboxylic acids is 1. The molecule has 33 heavy (non-hydrogen) atoms. The Bertz CT molecular complexity index is 1120. The minimum atomic E-state index is -0.568. The van der Waals surface area contributed by atoms with Gasteiger partial charge in [-0.1, -0.05) is 23.7 Å². The van der Waals surface area contributed by atoms with Crippen LogP contribution < -0.4 is 4.74 Å². The van der Waals surface area contributed by atoms with Crippen molar-refractivity contribution in [1.29, 1.82) is 0 Å². The maximum Gasteiger partial charge on any atom is 0.289 e. The van der Waals surface area contributed by atoms with E-state index in [9.17, 15) is 9.90 Å². The Hall–Kier alpha value is -2.58. The molecule has 1 amide bonds. The summed E-state index contributed by atoms with van der Waals surface area (Å²) in [7, 11) is 1.61. The molecule has 2 unspecified atom stereocenters. The molecule has 7 nitrogen and oxygen atoms in total. The molecule has 1 aromatic heterocycles. The second kappa shape index (κ2) is 9.35. The van der Waals surface area contributed by atoms with Gasteiger partial charge in [-0.3, -0.25) is 14.6 Å². The van der Waals surface area contributed by atoms with Crippen molar-refractivity contribution in [1.82, 2.24) is 14.7 Å². The third-order valence-corrected chi connectivity index (χ3v) is 6.93. The molecule has 1 N–H and O–H groups in total. The van der Waals surface area contributed by atoms with Crippen LogP contribution >= 0.6 is 11.6 Å². The Morgan fingerprint density at radius 1 is 1.09 bits per heavy atom. The first-order valence-corrected chi connectivity index (χ1v) is 11.6. The molecule has 0 radical (unpaired) electrons. The first kappa shape index (κ1) is 22.2. The van der Waals surface area contributed by atoms with E-state index in [2.05, 4.69) is 21.9 Å². The minimum Gasteiger partial charge on any atom is -0.497 e. The lowest BCUT2D eigenvalue weighted by atomic mass is 10.1. The number of hydrogen-bond acceptors (Lipinski definition) is 6. The molecule has 2 atom stereocenters. The van der Waals surface area contributed by atoms with Crippen molar-refractivity contribution in [2.24, 2.45) is 0 Å². The highest BCUT2D eigenvalue weighted by molar-refractivity contribution is 6.30. The van der Waals surface area contributed by atoms with Crippen molar-refractivity contribution < 1.29 is 19.1 Å². The lowest BCUT2D eigenvalue weighted by Gasteiger charge is -2.38. The van der Waals surface area contributed by atoms with E-state index in [1.807, 2.05) is 24.3 Å². The fourth-order valence-corrected chi connectivity index (χ4v) is 4.93. The van der Waals surface area contributed by atoms with Gasteiger partial charge in [-0.15, -0.1) is 0 Å². The number of amides is 1. The number of aliphatic hydroxyl groups is 1. The van der Waals surface area contributed by atoms with Gasteiger partial charge in [-0.05, 0) is 42.0 Å². The summed E-state index contributed by atoms with van der Waals surface area (Å²) in [6, 6.07) is 15.1. The number of furan rings is 1. The van der Waals surface area contributed by atoms with Crippen LogP contribution in [0.4, 0.5) is 0 Å². The van der Waals surface area contributed by atoms with Gasteiger partial charge in [0.05, 0.1) is 19.3 Å². The van der Waals surface area contributed by atoms with Crippen LogP contribution in [0.5, 0.6) is 5.75 Å². The molecule has 2 aliphatic rings. The van der Waals surface area contributed by atoms with Crippen LogP contribution in [-0.4, -0.2) is 84.2 Å². The summed E-state index contributed by atoms with van der Waals surface area (Å²) in [6.45, 7) is 5.27. The number of carbonyl (C=O) groups is 1. The highest BCUT2D eigenvalue weighted by Crippen LogP contribution is 2.27. The number of piperazine rings is 1. The molecule has 0 spiro atoms. The van der Waals surface area contributed by atoms with E-state index in [1.165, 1.54) is 5.56 Å². The van der Waals surface area contributed by atoms with E-state index in [-0.39, 0.29) is 11.9 Å². The Morgan fingerprint density at radius 2 is 1.85 bits per heavy atom. The molecule has 3 aromatic rings. The normalized spacial score (nSPS) is 22.2. The average molecular weight is 470 g/mol. The van der Waals surface area contributed by atoms with E-state index in [0.29, 0.717) is 30.2 Å². The van der Waals surface area contributed by atoms with Crippen LogP contribution in [0.25, 0.3) is 11.0 Å².